The Labute approximate surface area is 172 Å². The molecule has 2 amide bonds. The van der Waals surface area contributed by atoms with E-state index in [-0.39, 0.29) is 29.7 Å². The number of aromatic nitrogens is 2. The number of carbonyl (C=O) groups excluding carboxylic acids is 2. The van der Waals surface area contributed by atoms with E-state index in [2.05, 4.69) is 15.6 Å². The van der Waals surface area contributed by atoms with Gasteiger partial charge < -0.3 is 10.6 Å². The number of hydrogen-bond acceptors (Lipinski definition) is 5. The first-order chi connectivity index (χ1) is 14.0. The molecule has 1 heterocycles. The zero-order chi connectivity index (χ0) is 20.8. The lowest BCUT2D eigenvalue weighted by molar-refractivity contribution is -0.124. The highest BCUT2D eigenvalue weighted by atomic mass is 32.2. The second-order valence-electron chi connectivity index (χ2n) is 6.53. The summed E-state index contributed by atoms with van der Waals surface area (Å²) < 4.78 is 1.59. The van der Waals surface area contributed by atoms with Crippen molar-refractivity contribution in [1.29, 1.82) is 0 Å². The minimum atomic E-state index is -0.303. The zero-order valence-electron chi connectivity index (χ0n) is 16.3. The van der Waals surface area contributed by atoms with Crippen LogP contribution in [0.2, 0.25) is 0 Å². The monoisotopic (exact) mass is 410 g/mol. The lowest BCUT2D eigenvalue weighted by Crippen LogP contribution is -2.36. The zero-order valence-corrected chi connectivity index (χ0v) is 17.1. The van der Waals surface area contributed by atoms with Gasteiger partial charge in [-0.15, -0.1) is 0 Å². The summed E-state index contributed by atoms with van der Waals surface area (Å²) in [6.07, 6.45) is 0. The standard InChI is InChI=1S/C21H22N4O3S/c1-14-7-9-15(10-8-14)12-25-20(28)16-5-3-4-6-17(16)24-21(25)29-13-19(27)23-11-18(26)22-2/h3-10H,11-13H2,1-2H3,(H,22,26)(H,23,27). The predicted molar refractivity (Wildman–Crippen MR) is 114 cm³/mol. The molecule has 2 aromatic carbocycles. The Bertz CT molecular complexity index is 1090. The van der Waals surface area contributed by atoms with Gasteiger partial charge in [0.15, 0.2) is 5.16 Å². The van der Waals surface area contributed by atoms with Crippen LogP contribution in [0, 0.1) is 6.92 Å². The predicted octanol–water partition coefficient (Wildman–Crippen LogP) is 1.71. The van der Waals surface area contributed by atoms with Gasteiger partial charge in [0.2, 0.25) is 11.8 Å². The molecule has 1 aromatic heterocycles. The van der Waals surface area contributed by atoms with Gasteiger partial charge in [0.25, 0.3) is 5.56 Å². The fraction of sp³-hybridized carbons (Fsp3) is 0.238. The maximum Gasteiger partial charge on any atom is 0.262 e. The molecule has 0 aliphatic rings. The number of para-hydroxylation sites is 1. The highest BCUT2D eigenvalue weighted by Crippen LogP contribution is 2.19. The van der Waals surface area contributed by atoms with Crippen molar-refractivity contribution in [3.63, 3.8) is 0 Å². The quantitative estimate of drug-likeness (QED) is 0.457. The summed E-state index contributed by atoms with van der Waals surface area (Å²) in [5.41, 5.74) is 2.55. The van der Waals surface area contributed by atoms with Crippen LogP contribution in [-0.4, -0.2) is 40.7 Å². The molecule has 0 saturated heterocycles. The van der Waals surface area contributed by atoms with E-state index < -0.39 is 0 Å². The molecule has 2 N–H and O–H groups in total. The second kappa shape index (κ2) is 9.38. The van der Waals surface area contributed by atoms with Crippen molar-refractivity contribution < 1.29 is 9.59 Å². The summed E-state index contributed by atoms with van der Waals surface area (Å²) in [5, 5.41) is 5.99. The fourth-order valence-corrected chi connectivity index (χ4v) is 3.55. The summed E-state index contributed by atoms with van der Waals surface area (Å²) in [4.78, 5) is 41.0. The maximum absolute atomic E-state index is 13.1. The molecular weight excluding hydrogens is 388 g/mol. The number of thioether (sulfide) groups is 1. The molecule has 0 atom stereocenters. The Hall–Kier alpha value is -3.13. The van der Waals surface area contributed by atoms with Crippen molar-refractivity contribution in [1.82, 2.24) is 20.2 Å². The number of aryl methyl sites for hydroxylation is 1. The number of nitrogens with one attached hydrogen (secondary N) is 2. The van der Waals surface area contributed by atoms with E-state index in [0.717, 1.165) is 11.1 Å². The molecule has 0 aliphatic carbocycles. The van der Waals surface area contributed by atoms with Crippen LogP contribution in [0.25, 0.3) is 10.9 Å². The summed E-state index contributed by atoms with van der Waals surface area (Å²) in [6.45, 7) is 2.28. The Morgan fingerprint density at radius 2 is 1.79 bits per heavy atom. The minimum Gasteiger partial charge on any atom is -0.358 e. The number of likely N-dealkylation sites (N-methyl/N-ethyl adjacent to an activating group) is 1. The third kappa shape index (κ3) is 5.23. The average Bonchev–Trinajstić information content (AvgIpc) is 2.74. The van der Waals surface area contributed by atoms with Crippen molar-refractivity contribution in [2.24, 2.45) is 0 Å². The summed E-state index contributed by atoms with van der Waals surface area (Å²) in [6, 6.07) is 15.1. The third-order valence-corrected chi connectivity index (χ3v) is 5.32. The highest BCUT2D eigenvalue weighted by Gasteiger charge is 2.14. The molecule has 0 unspecified atom stereocenters. The molecule has 3 rings (SSSR count). The van der Waals surface area contributed by atoms with Crippen LogP contribution in [0.4, 0.5) is 0 Å². The molecule has 29 heavy (non-hydrogen) atoms. The fourth-order valence-electron chi connectivity index (χ4n) is 2.72. The molecule has 150 valence electrons. The molecule has 7 nitrogen and oxygen atoms in total. The van der Waals surface area contributed by atoms with E-state index in [1.807, 2.05) is 37.3 Å². The van der Waals surface area contributed by atoms with Crippen LogP contribution in [0.1, 0.15) is 11.1 Å². The van der Waals surface area contributed by atoms with Crippen molar-refractivity contribution in [3.8, 4) is 0 Å². The summed E-state index contributed by atoms with van der Waals surface area (Å²) in [7, 11) is 1.51. The van der Waals surface area contributed by atoms with Gasteiger partial charge in [-0.2, -0.15) is 0 Å². The molecule has 0 fully saturated rings. The van der Waals surface area contributed by atoms with Gasteiger partial charge in [0, 0.05) is 7.05 Å². The van der Waals surface area contributed by atoms with Crippen LogP contribution in [0.5, 0.6) is 0 Å². The lowest BCUT2D eigenvalue weighted by Gasteiger charge is -2.13. The highest BCUT2D eigenvalue weighted by molar-refractivity contribution is 7.99. The van der Waals surface area contributed by atoms with E-state index in [0.29, 0.717) is 22.6 Å². The molecule has 0 aliphatic heterocycles. The first-order valence-corrected chi connectivity index (χ1v) is 10.1. The van der Waals surface area contributed by atoms with Gasteiger partial charge >= 0.3 is 0 Å². The van der Waals surface area contributed by atoms with Crippen molar-refractivity contribution >= 4 is 34.5 Å². The van der Waals surface area contributed by atoms with Crippen LogP contribution >= 0.6 is 11.8 Å². The SMILES string of the molecule is CNC(=O)CNC(=O)CSc1nc2ccccc2c(=O)n1Cc1ccc(C)cc1. The summed E-state index contributed by atoms with van der Waals surface area (Å²) >= 11 is 1.17. The van der Waals surface area contributed by atoms with Gasteiger partial charge in [-0.05, 0) is 24.6 Å². The number of amides is 2. The topological polar surface area (TPSA) is 93.1 Å². The number of fused-ring (bicyclic) bond motifs is 1. The van der Waals surface area contributed by atoms with E-state index in [1.54, 1.807) is 22.8 Å². The first kappa shape index (κ1) is 20.6. The number of benzene rings is 2. The summed E-state index contributed by atoms with van der Waals surface area (Å²) in [5.74, 6) is -0.526. The maximum atomic E-state index is 13.1. The molecular formula is C21H22N4O3S. The van der Waals surface area contributed by atoms with Crippen molar-refractivity contribution in [2.75, 3.05) is 19.3 Å². The Morgan fingerprint density at radius 3 is 2.52 bits per heavy atom. The number of hydrogen-bond donors (Lipinski definition) is 2. The van der Waals surface area contributed by atoms with Crippen LogP contribution in [0.3, 0.4) is 0 Å². The van der Waals surface area contributed by atoms with Crippen molar-refractivity contribution in [3.05, 3.63) is 70.0 Å². The molecule has 0 bridgehead atoms. The molecule has 0 saturated carbocycles. The van der Waals surface area contributed by atoms with Gasteiger partial charge in [0.05, 0.1) is 29.7 Å². The Balaban J connectivity index is 1.87. The molecule has 3 aromatic rings. The minimum absolute atomic E-state index is 0.0513. The molecule has 0 spiro atoms. The molecule has 0 radical (unpaired) electrons. The van der Waals surface area contributed by atoms with Gasteiger partial charge in [-0.1, -0.05) is 53.7 Å². The Kier molecular flexibility index (Phi) is 6.66. The number of rotatable bonds is 7. The molecule has 8 heteroatoms. The number of carbonyl (C=O) groups is 2. The lowest BCUT2D eigenvalue weighted by atomic mass is 10.1. The normalized spacial score (nSPS) is 10.7. The van der Waals surface area contributed by atoms with E-state index in [4.69, 9.17) is 0 Å². The second-order valence-corrected chi connectivity index (χ2v) is 7.47. The largest absolute Gasteiger partial charge is 0.358 e. The van der Waals surface area contributed by atoms with Gasteiger partial charge in [-0.25, -0.2) is 4.98 Å². The van der Waals surface area contributed by atoms with E-state index in [9.17, 15) is 14.4 Å². The van der Waals surface area contributed by atoms with Crippen LogP contribution in [-0.2, 0) is 16.1 Å². The van der Waals surface area contributed by atoms with Gasteiger partial charge in [-0.3, -0.25) is 19.0 Å². The van der Waals surface area contributed by atoms with Crippen LogP contribution < -0.4 is 16.2 Å². The van der Waals surface area contributed by atoms with Gasteiger partial charge in [0.1, 0.15) is 0 Å². The number of nitrogens with zero attached hydrogens (tertiary/aromatic N) is 2. The van der Waals surface area contributed by atoms with E-state index in [1.165, 1.54) is 18.8 Å². The van der Waals surface area contributed by atoms with Crippen molar-refractivity contribution in [2.45, 2.75) is 18.6 Å². The smallest absolute Gasteiger partial charge is 0.262 e. The van der Waals surface area contributed by atoms with Crippen LogP contribution in [0.15, 0.2) is 58.5 Å². The first-order valence-electron chi connectivity index (χ1n) is 9.13. The Morgan fingerprint density at radius 1 is 1.07 bits per heavy atom. The third-order valence-electron chi connectivity index (χ3n) is 4.35. The van der Waals surface area contributed by atoms with E-state index >= 15 is 0 Å². The average molecular weight is 410 g/mol.